The summed E-state index contributed by atoms with van der Waals surface area (Å²) in [7, 11) is 0. The van der Waals surface area contributed by atoms with Crippen molar-refractivity contribution in [1.29, 1.82) is 0 Å². The van der Waals surface area contributed by atoms with E-state index in [1.165, 1.54) is 4.90 Å². The van der Waals surface area contributed by atoms with Crippen LogP contribution in [0.3, 0.4) is 0 Å². The minimum Gasteiger partial charge on any atom is -0.480 e. The fourth-order valence-corrected chi connectivity index (χ4v) is 4.84. The molecular weight excluding hydrogens is 436 g/mol. The lowest BCUT2D eigenvalue weighted by Gasteiger charge is -2.33. The number of hydrogen-bond donors (Lipinski definition) is 2. The standard InChI is InChI=1S/C26H30N2O6/c1-17(2)13-28(14-23(29)30)24(31)26(11-12-33-16-26)27-25(32)34-15-22-20-9-5-3-7-18(20)19-8-4-6-10-21(19)22/h3-10,17,22H,11-16H2,1-2H3,(H,27,32)(H,29,30). The number of carbonyl (C=O) groups is 3. The van der Waals surface area contributed by atoms with Crippen LogP contribution in [0.25, 0.3) is 11.1 Å². The number of amides is 2. The molecule has 1 aliphatic heterocycles. The van der Waals surface area contributed by atoms with Crippen molar-refractivity contribution in [3.8, 4) is 11.1 Å². The summed E-state index contributed by atoms with van der Waals surface area (Å²) in [6, 6.07) is 16.1. The topological polar surface area (TPSA) is 105 Å². The summed E-state index contributed by atoms with van der Waals surface area (Å²) in [4.78, 5) is 38.9. The second-order valence-electron chi connectivity index (χ2n) is 9.31. The molecule has 2 aromatic rings. The minimum absolute atomic E-state index is 0.0236. The maximum Gasteiger partial charge on any atom is 0.408 e. The van der Waals surface area contributed by atoms with Crippen LogP contribution in [0.1, 0.15) is 37.3 Å². The number of carboxylic acids is 1. The van der Waals surface area contributed by atoms with E-state index in [0.717, 1.165) is 22.3 Å². The van der Waals surface area contributed by atoms with Gasteiger partial charge in [0, 0.05) is 25.5 Å². The van der Waals surface area contributed by atoms with Gasteiger partial charge in [-0.2, -0.15) is 0 Å². The molecule has 0 radical (unpaired) electrons. The van der Waals surface area contributed by atoms with Crippen molar-refractivity contribution in [2.45, 2.75) is 31.7 Å². The van der Waals surface area contributed by atoms with E-state index in [9.17, 15) is 19.5 Å². The third-order valence-electron chi connectivity index (χ3n) is 6.31. The average Bonchev–Trinajstić information content (AvgIpc) is 3.40. The Morgan fingerprint density at radius 3 is 2.26 bits per heavy atom. The molecule has 1 fully saturated rings. The Bertz CT molecular complexity index is 1030. The SMILES string of the molecule is CC(C)CN(CC(=O)O)C(=O)C1(NC(=O)OCC2c3ccccc3-c3ccccc32)CCOC1. The number of nitrogens with one attached hydrogen (secondary N) is 1. The first-order chi connectivity index (χ1) is 16.3. The average molecular weight is 467 g/mol. The number of alkyl carbamates (subject to hydrolysis) is 1. The summed E-state index contributed by atoms with van der Waals surface area (Å²) in [6.45, 7) is 4.01. The maximum atomic E-state index is 13.4. The van der Waals surface area contributed by atoms with Crippen molar-refractivity contribution in [1.82, 2.24) is 10.2 Å². The molecule has 0 bridgehead atoms. The lowest BCUT2D eigenvalue weighted by atomic mass is 9.96. The molecule has 2 N–H and O–H groups in total. The van der Waals surface area contributed by atoms with Crippen molar-refractivity contribution in [3.63, 3.8) is 0 Å². The van der Waals surface area contributed by atoms with E-state index in [0.29, 0.717) is 0 Å². The minimum atomic E-state index is -1.34. The van der Waals surface area contributed by atoms with Crippen LogP contribution < -0.4 is 5.32 Å². The van der Waals surface area contributed by atoms with Gasteiger partial charge in [-0.15, -0.1) is 0 Å². The molecule has 1 unspecified atom stereocenters. The van der Waals surface area contributed by atoms with Crippen LogP contribution in [0.5, 0.6) is 0 Å². The van der Waals surface area contributed by atoms with E-state index in [-0.39, 0.29) is 44.6 Å². The second-order valence-corrected chi connectivity index (χ2v) is 9.31. The van der Waals surface area contributed by atoms with Gasteiger partial charge in [-0.1, -0.05) is 62.4 Å². The first-order valence-electron chi connectivity index (χ1n) is 11.5. The fraction of sp³-hybridized carbons (Fsp3) is 0.423. The number of fused-ring (bicyclic) bond motifs is 3. The second kappa shape index (κ2) is 9.85. The molecule has 2 aromatic carbocycles. The number of nitrogens with zero attached hydrogens (tertiary/aromatic N) is 1. The van der Waals surface area contributed by atoms with Gasteiger partial charge in [0.2, 0.25) is 0 Å². The Kier molecular flexibility index (Phi) is 6.88. The fourth-order valence-electron chi connectivity index (χ4n) is 4.84. The quantitative estimate of drug-likeness (QED) is 0.619. The Morgan fingerprint density at radius 2 is 1.74 bits per heavy atom. The molecule has 8 heteroatoms. The van der Waals surface area contributed by atoms with E-state index >= 15 is 0 Å². The Balaban J connectivity index is 1.48. The molecule has 8 nitrogen and oxygen atoms in total. The van der Waals surface area contributed by atoms with Gasteiger partial charge < -0.3 is 24.8 Å². The van der Waals surface area contributed by atoms with E-state index in [1.54, 1.807) is 0 Å². The third kappa shape index (κ3) is 4.77. The summed E-state index contributed by atoms with van der Waals surface area (Å²) < 4.78 is 11.1. The normalized spacial score (nSPS) is 18.9. The monoisotopic (exact) mass is 466 g/mol. The Labute approximate surface area is 198 Å². The molecule has 1 heterocycles. The molecule has 1 atom stereocenters. The molecule has 2 amide bonds. The van der Waals surface area contributed by atoms with Crippen LogP contribution in [0, 0.1) is 5.92 Å². The van der Waals surface area contributed by atoms with Gasteiger partial charge >= 0.3 is 12.1 Å². The lowest BCUT2D eigenvalue weighted by molar-refractivity contribution is -0.148. The smallest absolute Gasteiger partial charge is 0.408 e. The van der Waals surface area contributed by atoms with Gasteiger partial charge in [0.25, 0.3) is 5.91 Å². The van der Waals surface area contributed by atoms with Crippen molar-refractivity contribution < 1.29 is 29.0 Å². The summed E-state index contributed by atoms with van der Waals surface area (Å²) in [6.07, 6.45) is -0.468. The predicted octanol–water partition coefficient (Wildman–Crippen LogP) is 3.25. The largest absolute Gasteiger partial charge is 0.480 e. The first-order valence-corrected chi connectivity index (χ1v) is 11.5. The van der Waals surface area contributed by atoms with Crippen molar-refractivity contribution in [2.24, 2.45) is 5.92 Å². The van der Waals surface area contributed by atoms with Crippen LogP contribution in [0.2, 0.25) is 0 Å². The van der Waals surface area contributed by atoms with Crippen molar-refractivity contribution >= 4 is 18.0 Å². The number of carbonyl (C=O) groups excluding carboxylic acids is 2. The van der Waals surface area contributed by atoms with Crippen LogP contribution in [-0.4, -0.2) is 66.4 Å². The molecule has 0 spiro atoms. The van der Waals surface area contributed by atoms with E-state index in [1.807, 2.05) is 50.2 Å². The van der Waals surface area contributed by atoms with Crippen molar-refractivity contribution in [2.75, 3.05) is 32.9 Å². The highest BCUT2D eigenvalue weighted by Crippen LogP contribution is 2.44. The highest BCUT2D eigenvalue weighted by molar-refractivity contribution is 5.92. The zero-order valence-corrected chi connectivity index (χ0v) is 19.5. The van der Waals surface area contributed by atoms with Crippen LogP contribution in [0.4, 0.5) is 4.79 Å². The number of benzene rings is 2. The first kappa shape index (κ1) is 23.8. The molecule has 1 aliphatic carbocycles. The van der Waals surface area contributed by atoms with Crippen LogP contribution in [-0.2, 0) is 19.1 Å². The van der Waals surface area contributed by atoms with E-state index < -0.39 is 30.1 Å². The molecule has 0 aromatic heterocycles. The summed E-state index contributed by atoms with van der Waals surface area (Å²) in [5.74, 6) is -1.61. The van der Waals surface area contributed by atoms with Gasteiger partial charge in [0.15, 0.2) is 0 Å². The molecule has 0 saturated carbocycles. The number of hydrogen-bond acceptors (Lipinski definition) is 5. The number of carboxylic acid groups (broad SMARTS) is 1. The van der Waals surface area contributed by atoms with Gasteiger partial charge in [0.1, 0.15) is 18.7 Å². The molecule has 2 aliphatic rings. The number of ether oxygens (including phenoxy) is 2. The van der Waals surface area contributed by atoms with Gasteiger partial charge in [0.05, 0.1) is 6.61 Å². The Hall–Kier alpha value is -3.39. The third-order valence-corrected chi connectivity index (χ3v) is 6.31. The number of rotatable bonds is 8. The Morgan fingerprint density at radius 1 is 1.12 bits per heavy atom. The van der Waals surface area contributed by atoms with Gasteiger partial charge in [-0.05, 0) is 28.2 Å². The summed E-state index contributed by atoms with van der Waals surface area (Å²) in [5.41, 5.74) is 3.10. The van der Waals surface area contributed by atoms with Crippen LogP contribution in [0.15, 0.2) is 48.5 Å². The maximum absolute atomic E-state index is 13.4. The van der Waals surface area contributed by atoms with Gasteiger partial charge in [-0.3, -0.25) is 9.59 Å². The lowest BCUT2D eigenvalue weighted by Crippen LogP contribution is -2.61. The summed E-state index contributed by atoms with van der Waals surface area (Å²) in [5, 5.41) is 12.0. The zero-order chi connectivity index (χ0) is 24.3. The molecule has 4 rings (SSSR count). The highest BCUT2D eigenvalue weighted by Gasteiger charge is 2.47. The van der Waals surface area contributed by atoms with E-state index in [4.69, 9.17) is 9.47 Å². The van der Waals surface area contributed by atoms with E-state index in [2.05, 4.69) is 17.4 Å². The molecular formula is C26H30N2O6. The zero-order valence-electron chi connectivity index (χ0n) is 19.5. The number of aliphatic carboxylic acids is 1. The molecule has 1 saturated heterocycles. The summed E-state index contributed by atoms with van der Waals surface area (Å²) >= 11 is 0. The molecule has 34 heavy (non-hydrogen) atoms. The predicted molar refractivity (Wildman–Crippen MR) is 125 cm³/mol. The van der Waals surface area contributed by atoms with Gasteiger partial charge in [-0.25, -0.2) is 4.79 Å². The molecule has 180 valence electrons. The van der Waals surface area contributed by atoms with Crippen LogP contribution >= 0.6 is 0 Å². The van der Waals surface area contributed by atoms with Crippen molar-refractivity contribution in [3.05, 3.63) is 59.7 Å². The highest BCUT2D eigenvalue weighted by atomic mass is 16.6.